The lowest BCUT2D eigenvalue weighted by Gasteiger charge is -2.29. The predicted octanol–water partition coefficient (Wildman–Crippen LogP) is 2.07. The maximum absolute atomic E-state index is 9.41. The number of hydrogen-bond acceptors (Lipinski definition) is 4. The zero-order chi connectivity index (χ0) is 11.9. The molecular formula is C12H22N2OS. The quantitative estimate of drug-likeness (QED) is 0.686. The van der Waals surface area contributed by atoms with Gasteiger partial charge in [-0.2, -0.15) is 0 Å². The third-order valence-corrected chi connectivity index (χ3v) is 4.01. The van der Waals surface area contributed by atoms with Crippen molar-refractivity contribution in [2.75, 3.05) is 19.7 Å². The van der Waals surface area contributed by atoms with Crippen LogP contribution in [0.5, 0.6) is 0 Å². The van der Waals surface area contributed by atoms with Gasteiger partial charge in [-0.15, -0.1) is 11.3 Å². The van der Waals surface area contributed by atoms with Crippen molar-refractivity contribution in [3.05, 3.63) is 16.6 Å². The molecule has 3 nitrogen and oxygen atoms in total. The SMILES string of the molecule is CCC(CC)(CO)CNCCc1cscn1. The summed E-state index contributed by atoms with van der Waals surface area (Å²) in [4.78, 5) is 4.24. The number of thiazole rings is 1. The van der Waals surface area contributed by atoms with Crippen molar-refractivity contribution in [3.63, 3.8) is 0 Å². The maximum atomic E-state index is 9.41. The molecule has 1 rings (SSSR count). The summed E-state index contributed by atoms with van der Waals surface area (Å²) in [7, 11) is 0. The highest BCUT2D eigenvalue weighted by Crippen LogP contribution is 2.24. The topological polar surface area (TPSA) is 45.1 Å². The summed E-state index contributed by atoms with van der Waals surface area (Å²) >= 11 is 1.64. The molecule has 0 fully saturated rings. The van der Waals surface area contributed by atoms with E-state index < -0.39 is 0 Å². The Morgan fingerprint density at radius 2 is 2.19 bits per heavy atom. The first-order chi connectivity index (χ1) is 7.76. The number of aromatic nitrogens is 1. The third kappa shape index (κ3) is 3.85. The Hall–Kier alpha value is -0.450. The van der Waals surface area contributed by atoms with E-state index in [0.29, 0.717) is 0 Å². The normalized spacial score (nSPS) is 11.9. The second-order valence-corrected chi connectivity index (χ2v) is 4.99. The number of rotatable bonds is 8. The van der Waals surface area contributed by atoms with Crippen LogP contribution in [0.4, 0.5) is 0 Å². The Labute approximate surface area is 102 Å². The first-order valence-electron chi connectivity index (χ1n) is 5.95. The summed E-state index contributed by atoms with van der Waals surface area (Å²) < 4.78 is 0. The van der Waals surface area contributed by atoms with Gasteiger partial charge in [0, 0.05) is 36.9 Å². The van der Waals surface area contributed by atoms with Gasteiger partial charge in [-0.3, -0.25) is 0 Å². The van der Waals surface area contributed by atoms with Crippen LogP contribution >= 0.6 is 11.3 Å². The molecule has 0 radical (unpaired) electrons. The van der Waals surface area contributed by atoms with Gasteiger partial charge in [-0.25, -0.2) is 4.98 Å². The average Bonchev–Trinajstić information content (AvgIpc) is 2.83. The van der Waals surface area contributed by atoms with Crippen LogP contribution in [0.1, 0.15) is 32.4 Å². The Morgan fingerprint density at radius 1 is 1.44 bits per heavy atom. The Morgan fingerprint density at radius 3 is 2.69 bits per heavy atom. The fraction of sp³-hybridized carbons (Fsp3) is 0.750. The zero-order valence-electron chi connectivity index (χ0n) is 10.2. The second kappa shape index (κ2) is 6.99. The molecule has 0 saturated carbocycles. The molecule has 0 atom stereocenters. The van der Waals surface area contributed by atoms with Crippen molar-refractivity contribution >= 4 is 11.3 Å². The first kappa shape index (κ1) is 13.6. The average molecular weight is 242 g/mol. The number of nitrogens with zero attached hydrogens (tertiary/aromatic N) is 1. The van der Waals surface area contributed by atoms with Crippen molar-refractivity contribution in [2.24, 2.45) is 5.41 Å². The predicted molar refractivity (Wildman–Crippen MR) is 68.8 cm³/mol. The molecule has 4 heteroatoms. The van der Waals surface area contributed by atoms with Crippen molar-refractivity contribution in [1.29, 1.82) is 0 Å². The van der Waals surface area contributed by atoms with Gasteiger partial charge in [0.1, 0.15) is 0 Å². The summed E-state index contributed by atoms with van der Waals surface area (Å²) in [5, 5.41) is 14.9. The molecule has 0 amide bonds. The van der Waals surface area contributed by atoms with Gasteiger partial charge in [-0.1, -0.05) is 13.8 Å². The maximum Gasteiger partial charge on any atom is 0.0794 e. The highest BCUT2D eigenvalue weighted by Gasteiger charge is 2.24. The summed E-state index contributed by atoms with van der Waals surface area (Å²) in [5.74, 6) is 0. The fourth-order valence-corrected chi connectivity index (χ4v) is 2.30. The highest BCUT2D eigenvalue weighted by atomic mass is 32.1. The summed E-state index contributed by atoms with van der Waals surface area (Å²) in [6, 6.07) is 0. The van der Waals surface area contributed by atoms with Crippen LogP contribution in [0.25, 0.3) is 0 Å². The van der Waals surface area contributed by atoms with Crippen molar-refractivity contribution in [1.82, 2.24) is 10.3 Å². The lowest BCUT2D eigenvalue weighted by Crippen LogP contribution is -2.37. The van der Waals surface area contributed by atoms with E-state index in [0.717, 1.165) is 38.0 Å². The largest absolute Gasteiger partial charge is 0.396 e. The monoisotopic (exact) mass is 242 g/mol. The Balaban J connectivity index is 2.23. The Bertz CT molecular complexity index is 262. The molecule has 16 heavy (non-hydrogen) atoms. The smallest absolute Gasteiger partial charge is 0.0794 e. The molecule has 0 aliphatic heterocycles. The molecule has 0 unspecified atom stereocenters. The van der Waals surface area contributed by atoms with E-state index in [1.165, 1.54) is 0 Å². The van der Waals surface area contributed by atoms with E-state index in [1.54, 1.807) is 11.3 Å². The fourth-order valence-electron chi connectivity index (χ4n) is 1.71. The minimum atomic E-state index is 0.0576. The van der Waals surface area contributed by atoms with Gasteiger partial charge in [0.15, 0.2) is 0 Å². The van der Waals surface area contributed by atoms with Crippen LogP contribution < -0.4 is 5.32 Å². The van der Waals surface area contributed by atoms with Gasteiger partial charge in [-0.05, 0) is 12.8 Å². The van der Waals surface area contributed by atoms with Crippen LogP contribution in [-0.2, 0) is 6.42 Å². The molecule has 1 heterocycles. The number of aliphatic hydroxyl groups is 1. The lowest BCUT2D eigenvalue weighted by atomic mass is 9.83. The molecule has 92 valence electrons. The molecule has 0 saturated heterocycles. The van der Waals surface area contributed by atoms with Gasteiger partial charge >= 0.3 is 0 Å². The van der Waals surface area contributed by atoms with Crippen molar-refractivity contribution < 1.29 is 5.11 Å². The summed E-state index contributed by atoms with van der Waals surface area (Å²) in [6.45, 7) is 6.37. The first-order valence-corrected chi connectivity index (χ1v) is 6.89. The van der Waals surface area contributed by atoms with Gasteiger partial charge in [0.2, 0.25) is 0 Å². The van der Waals surface area contributed by atoms with E-state index in [9.17, 15) is 5.11 Å². The molecule has 2 N–H and O–H groups in total. The van der Waals surface area contributed by atoms with E-state index in [2.05, 4.69) is 29.5 Å². The van der Waals surface area contributed by atoms with Crippen LogP contribution in [0.2, 0.25) is 0 Å². The molecular weight excluding hydrogens is 220 g/mol. The van der Waals surface area contributed by atoms with Gasteiger partial charge in [0.25, 0.3) is 0 Å². The minimum absolute atomic E-state index is 0.0576. The number of nitrogens with one attached hydrogen (secondary N) is 1. The van der Waals surface area contributed by atoms with E-state index in [-0.39, 0.29) is 12.0 Å². The molecule has 1 aromatic rings. The molecule has 0 aromatic carbocycles. The highest BCUT2D eigenvalue weighted by molar-refractivity contribution is 7.07. The third-order valence-electron chi connectivity index (χ3n) is 3.38. The van der Waals surface area contributed by atoms with Gasteiger partial charge in [0.05, 0.1) is 11.2 Å². The van der Waals surface area contributed by atoms with Crippen LogP contribution in [-0.4, -0.2) is 29.8 Å². The van der Waals surface area contributed by atoms with E-state index in [1.807, 2.05) is 5.51 Å². The van der Waals surface area contributed by atoms with Crippen LogP contribution in [0, 0.1) is 5.41 Å². The minimum Gasteiger partial charge on any atom is -0.396 e. The number of aliphatic hydroxyl groups excluding tert-OH is 1. The summed E-state index contributed by atoms with van der Waals surface area (Å²) in [6.07, 6.45) is 3.01. The molecule has 0 spiro atoms. The van der Waals surface area contributed by atoms with Crippen molar-refractivity contribution in [3.8, 4) is 0 Å². The van der Waals surface area contributed by atoms with Crippen LogP contribution in [0.3, 0.4) is 0 Å². The lowest BCUT2D eigenvalue weighted by molar-refractivity contribution is 0.113. The van der Waals surface area contributed by atoms with Crippen molar-refractivity contribution in [2.45, 2.75) is 33.1 Å². The van der Waals surface area contributed by atoms with Gasteiger partial charge < -0.3 is 10.4 Å². The number of hydrogen-bond donors (Lipinski definition) is 2. The molecule has 0 aliphatic carbocycles. The zero-order valence-corrected chi connectivity index (χ0v) is 11.0. The molecule has 1 aromatic heterocycles. The Kier molecular flexibility index (Phi) is 5.95. The molecule has 0 aliphatic rings. The van der Waals surface area contributed by atoms with Crippen LogP contribution in [0.15, 0.2) is 10.9 Å². The summed E-state index contributed by atoms with van der Waals surface area (Å²) in [5.41, 5.74) is 3.08. The molecule has 0 bridgehead atoms. The van der Waals surface area contributed by atoms with E-state index in [4.69, 9.17) is 0 Å². The van der Waals surface area contributed by atoms with E-state index >= 15 is 0 Å². The second-order valence-electron chi connectivity index (χ2n) is 4.27. The standard InChI is InChI=1S/C12H22N2OS/c1-3-12(4-2,9-15)8-13-6-5-11-7-16-10-14-11/h7,10,13,15H,3-6,8-9H2,1-2H3.